The predicted molar refractivity (Wildman–Crippen MR) is 56.6 cm³/mol. The Morgan fingerprint density at radius 1 is 1.58 bits per heavy atom. The SMILES string of the molecule is C[C@@H](NC1CC1)c1ccc(Br)s1. The minimum absolute atomic E-state index is 0.522. The largest absolute Gasteiger partial charge is 0.307 e. The molecule has 3 heteroatoms. The highest BCUT2D eigenvalue weighted by Crippen LogP contribution is 2.29. The number of halogens is 1. The van der Waals surface area contributed by atoms with Crippen LogP contribution in [0.2, 0.25) is 0 Å². The summed E-state index contributed by atoms with van der Waals surface area (Å²) in [6, 6.07) is 5.62. The lowest BCUT2D eigenvalue weighted by atomic mass is 10.3. The zero-order valence-electron chi connectivity index (χ0n) is 7.01. The molecular formula is C9H12BrNS. The van der Waals surface area contributed by atoms with Gasteiger partial charge in [-0.3, -0.25) is 0 Å². The molecule has 0 bridgehead atoms. The van der Waals surface area contributed by atoms with Crippen LogP contribution in [0.15, 0.2) is 15.9 Å². The Morgan fingerprint density at radius 2 is 2.33 bits per heavy atom. The van der Waals surface area contributed by atoms with Gasteiger partial charge in [-0.2, -0.15) is 0 Å². The van der Waals surface area contributed by atoms with E-state index in [4.69, 9.17) is 0 Å². The van der Waals surface area contributed by atoms with Crippen LogP contribution in [-0.2, 0) is 0 Å². The molecule has 1 aromatic rings. The molecule has 1 aromatic heterocycles. The van der Waals surface area contributed by atoms with Gasteiger partial charge in [0.25, 0.3) is 0 Å². The van der Waals surface area contributed by atoms with Crippen molar-refractivity contribution in [2.75, 3.05) is 0 Å². The third-order valence-corrected chi connectivity index (χ3v) is 3.89. The summed E-state index contributed by atoms with van der Waals surface area (Å²) in [7, 11) is 0. The summed E-state index contributed by atoms with van der Waals surface area (Å²) in [5, 5.41) is 3.57. The van der Waals surface area contributed by atoms with Crippen LogP contribution in [0.25, 0.3) is 0 Å². The highest BCUT2D eigenvalue weighted by Gasteiger charge is 2.23. The van der Waals surface area contributed by atoms with Crippen LogP contribution in [0.3, 0.4) is 0 Å². The van der Waals surface area contributed by atoms with Crippen molar-refractivity contribution in [1.82, 2.24) is 5.32 Å². The van der Waals surface area contributed by atoms with E-state index in [-0.39, 0.29) is 0 Å². The van der Waals surface area contributed by atoms with E-state index in [2.05, 4.69) is 40.3 Å². The van der Waals surface area contributed by atoms with Crippen molar-refractivity contribution < 1.29 is 0 Å². The van der Waals surface area contributed by atoms with E-state index in [1.165, 1.54) is 21.5 Å². The monoisotopic (exact) mass is 245 g/mol. The van der Waals surface area contributed by atoms with Crippen LogP contribution in [0.5, 0.6) is 0 Å². The summed E-state index contributed by atoms with van der Waals surface area (Å²) in [4.78, 5) is 1.42. The van der Waals surface area contributed by atoms with Gasteiger partial charge in [-0.15, -0.1) is 11.3 Å². The molecule has 2 rings (SSSR count). The minimum atomic E-state index is 0.522. The fourth-order valence-corrected chi connectivity index (χ4v) is 2.68. The van der Waals surface area contributed by atoms with Gasteiger partial charge in [0.1, 0.15) is 0 Å². The van der Waals surface area contributed by atoms with Crippen LogP contribution < -0.4 is 5.32 Å². The average molecular weight is 246 g/mol. The Labute approximate surface area is 85.3 Å². The van der Waals surface area contributed by atoms with Crippen molar-refractivity contribution in [2.24, 2.45) is 0 Å². The van der Waals surface area contributed by atoms with Crippen LogP contribution in [-0.4, -0.2) is 6.04 Å². The first-order valence-corrected chi connectivity index (χ1v) is 5.88. The Kier molecular flexibility index (Phi) is 2.53. The molecule has 66 valence electrons. The van der Waals surface area contributed by atoms with Crippen LogP contribution in [0.4, 0.5) is 0 Å². The van der Waals surface area contributed by atoms with Crippen LogP contribution >= 0.6 is 27.3 Å². The first kappa shape index (κ1) is 8.73. The molecule has 0 spiro atoms. The number of thiophene rings is 1. The van der Waals surface area contributed by atoms with E-state index >= 15 is 0 Å². The van der Waals surface area contributed by atoms with Gasteiger partial charge in [0.15, 0.2) is 0 Å². The standard InChI is InChI=1S/C9H12BrNS/c1-6(11-7-2-3-7)8-4-5-9(10)12-8/h4-7,11H,2-3H2,1H3/t6-/m1/s1. The quantitative estimate of drug-likeness (QED) is 0.862. The van der Waals surface area contributed by atoms with E-state index in [0.29, 0.717) is 6.04 Å². The molecule has 1 fully saturated rings. The van der Waals surface area contributed by atoms with E-state index in [0.717, 1.165) is 6.04 Å². The molecule has 1 aliphatic carbocycles. The predicted octanol–water partition coefficient (Wildman–Crippen LogP) is 3.32. The fraction of sp³-hybridized carbons (Fsp3) is 0.556. The molecule has 0 aromatic carbocycles. The zero-order valence-corrected chi connectivity index (χ0v) is 9.41. The Hall–Kier alpha value is 0.140. The van der Waals surface area contributed by atoms with Crippen molar-refractivity contribution in [3.8, 4) is 0 Å². The molecule has 1 atom stereocenters. The molecule has 0 aliphatic heterocycles. The Morgan fingerprint density at radius 3 is 2.83 bits per heavy atom. The topological polar surface area (TPSA) is 12.0 Å². The van der Waals surface area contributed by atoms with Crippen molar-refractivity contribution >= 4 is 27.3 Å². The molecule has 1 aliphatic rings. The second-order valence-corrected chi connectivity index (χ2v) is 5.80. The van der Waals surface area contributed by atoms with Gasteiger partial charge >= 0.3 is 0 Å². The third kappa shape index (κ3) is 2.09. The van der Waals surface area contributed by atoms with E-state index in [1.54, 1.807) is 0 Å². The normalized spacial score (nSPS) is 19.5. The molecule has 0 radical (unpaired) electrons. The summed E-state index contributed by atoms with van der Waals surface area (Å²) in [6.45, 7) is 2.23. The third-order valence-electron chi connectivity index (χ3n) is 2.08. The molecule has 1 N–H and O–H groups in total. The zero-order chi connectivity index (χ0) is 8.55. The first-order chi connectivity index (χ1) is 5.75. The van der Waals surface area contributed by atoms with Crippen LogP contribution in [0.1, 0.15) is 30.7 Å². The Balaban J connectivity index is 1.97. The fourth-order valence-electron chi connectivity index (χ4n) is 1.25. The van der Waals surface area contributed by atoms with Gasteiger partial charge in [-0.05, 0) is 47.8 Å². The summed E-state index contributed by atoms with van der Waals surface area (Å²) >= 11 is 5.29. The highest BCUT2D eigenvalue weighted by atomic mass is 79.9. The van der Waals surface area contributed by atoms with Gasteiger partial charge in [-0.25, -0.2) is 0 Å². The van der Waals surface area contributed by atoms with E-state index < -0.39 is 0 Å². The van der Waals surface area contributed by atoms with Crippen LogP contribution in [0, 0.1) is 0 Å². The van der Waals surface area contributed by atoms with Crippen molar-refractivity contribution in [3.63, 3.8) is 0 Å². The molecule has 0 saturated heterocycles. The lowest BCUT2D eigenvalue weighted by molar-refractivity contribution is 0.579. The highest BCUT2D eigenvalue weighted by molar-refractivity contribution is 9.11. The number of hydrogen-bond donors (Lipinski definition) is 1. The van der Waals surface area contributed by atoms with Gasteiger partial charge in [0, 0.05) is 17.0 Å². The first-order valence-electron chi connectivity index (χ1n) is 4.27. The second-order valence-electron chi connectivity index (χ2n) is 3.30. The molecule has 0 unspecified atom stereocenters. The maximum absolute atomic E-state index is 3.57. The lowest BCUT2D eigenvalue weighted by Gasteiger charge is -2.09. The number of nitrogens with one attached hydrogen (secondary N) is 1. The summed E-state index contributed by atoms with van der Waals surface area (Å²) in [5.74, 6) is 0. The smallest absolute Gasteiger partial charge is 0.0701 e. The second kappa shape index (κ2) is 3.48. The summed E-state index contributed by atoms with van der Waals surface area (Å²) < 4.78 is 1.22. The molecule has 1 heterocycles. The maximum atomic E-state index is 3.57. The summed E-state index contributed by atoms with van der Waals surface area (Å²) in [6.07, 6.45) is 2.72. The summed E-state index contributed by atoms with van der Waals surface area (Å²) in [5.41, 5.74) is 0. The molecule has 1 nitrogen and oxygen atoms in total. The molecule has 1 saturated carbocycles. The molecular weight excluding hydrogens is 234 g/mol. The van der Waals surface area contributed by atoms with Gasteiger partial charge in [-0.1, -0.05) is 0 Å². The van der Waals surface area contributed by atoms with Crippen molar-refractivity contribution in [3.05, 3.63) is 20.8 Å². The van der Waals surface area contributed by atoms with Crippen molar-refractivity contribution in [1.29, 1.82) is 0 Å². The van der Waals surface area contributed by atoms with Gasteiger partial charge in [0.05, 0.1) is 3.79 Å². The molecule has 0 amide bonds. The number of hydrogen-bond acceptors (Lipinski definition) is 2. The maximum Gasteiger partial charge on any atom is 0.0701 e. The minimum Gasteiger partial charge on any atom is -0.307 e. The van der Waals surface area contributed by atoms with Crippen molar-refractivity contribution in [2.45, 2.75) is 31.8 Å². The Bertz CT molecular complexity index is 267. The average Bonchev–Trinajstić information content (AvgIpc) is 2.72. The van der Waals surface area contributed by atoms with E-state index in [1.807, 2.05) is 11.3 Å². The van der Waals surface area contributed by atoms with Gasteiger partial charge < -0.3 is 5.32 Å². The molecule has 12 heavy (non-hydrogen) atoms. The number of rotatable bonds is 3. The van der Waals surface area contributed by atoms with Gasteiger partial charge in [0.2, 0.25) is 0 Å². The lowest BCUT2D eigenvalue weighted by Crippen LogP contribution is -2.19. The van der Waals surface area contributed by atoms with E-state index in [9.17, 15) is 0 Å².